The van der Waals surface area contributed by atoms with Crippen LogP contribution in [0.3, 0.4) is 0 Å². The fourth-order valence-corrected chi connectivity index (χ4v) is 5.40. The summed E-state index contributed by atoms with van der Waals surface area (Å²) >= 11 is 1.50. The van der Waals surface area contributed by atoms with Crippen molar-refractivity contribution in [2.45, 2.75) is 65.8 Å². The normalized spacial score (nSPS) is 31.0. The van der Waals surface area contributed by atoms with Gasteiger partial charge in [0.25, 0.3) is 5.91 Å². The quantitative estimate of drug-likeness (QED) is 0.816. The van der Waals surface area contributed by atoms with Gasteiger partial charge >= 0.3 is 0 Å². The molecule has 1 amide bonds. The predicted molar refractivity (Wildman–Crippen MR) is 86.8 cm³/mol. The molecule has 3 nitrogen and oxygen atoms in total. The third kappa shape index (κ3) is 2.75. The van der Waals surface area contributed by atoms with E-state index in [1.807, 2.05) is 5.38 Å². The van der Waals surface area contributed by atoms with Crippen LogP contribution >= 0.6 is 11.3 Å². The maximum absolute atomic E-state index is 12.9. The van der Waals surface area contributed by atoms with E-state index in [1.165, 1.54) is 17.8 Å². The molecular formula is C17H26N2OS. The van der Waals surface area contributed by atoms with Crippen molar-refractivity contribution in [3.05, 3.63) is 16.1 Å². The Morgan fingerprint density at radius 1 is 1.38 bits per heavy atom. The van der Waals surface area contributed by atoms with Crippen molar-refractivity contribution in [2.75, 3.05) is 6.54 Å². The van der Waals surface area contributed by atoms with E-state index in [2.05, 4.69) is 44.5 Å². The topological polar surface area (TPSA) is 33.2 Å². The van der Waals surface area contributed by atoms with Gasteiger partial charge in [-0.3, -0.25) is 4.79 Å². The molecule has 1 aliphatic carbocycles. The van der Waals surface area contributed by atoms with E-state index < -0.39 is 0 Å². The van der Waals surface area contributed by atoms with E-state index in [1.54, 1.807) is 0 Å². The fraction of sp³-hybridized carbons (Fsp3) is 0.765. The molecule has 116 valence electrons. The Labute approximate surface area is 131 Å². The highest BCUT2D eigenvalue weighted by atomic mass is 32.1. The van der Waals surface area contributed by atoms with Gasteiger partial charge in [0.05, 0.1) is 5.69 Å². The lowest BCUT2D eigenvalue weighted by atomic mass is 9.65. The molecule has 4 heteroatoms. The highest BCUT2D eigenvalue weighted by molar-refractivity contribution is 7.11. The summed E-state index contributed by atoms with van der Waals surface area (Å²) in [6.45, 7) is 12.2. The number of hydrogen-bond donors (Lipinski definition) is 0. The minimum atomic E-state index is 0.151. The van der Waals surface area contributed by atoms with Crippen molar-refractivity contribution in [1.29, 1.82) is 0 Å². The highest BCUT2D eigenvalue weighted by Crippen LogP contribution is 2.52. The van der Waals surface area contributed by atoms with E-state index in [-0.39, 0.29) is 5.91 Å². The number of amides is 1. The Morgan fingerprint density at radius 3 is 2.71 bits per heavy atom. The molecule has 1 saturated heterocycles. The van der Waals surface area contributed by atoms with Gasteiger partial charge in [0, 0.05) is 18.0 Å². The SMILES string of the molecule is CC(C)c1csc(C(=O)N2C[C@]3(C)C[C@H]2CC(C)(C)C3)n1. The Morgan fingerprint density at radius 2 is 2.10 bits per heavy atom. The van der Waals surface area contributed by atoms with Crippen molar-refractivity contribution in [1.82, 2.24) is 9.88 Å². The first-order chi connectivity index (χ1) is 9.69. The zero-order chi connectivity index (χ0) is 15.4. The maximum atomic E-state index is 12.9. The molecule has 2 heterocycles. The Bertz CT molecular complexity index is 563. The number of thiazole rings is 1. The smallest absolute Gasteiger partial charge is 0.283 e. The molecule has 3 rings (SSSR count). The summed E-state index contributed by atoms with van der Waals surface area (Å²) in [4.78, 5) is 19.5. The van der Waals surface area contributed by atoms with Gasteiger partial charge in [0.15, 0.2) is 5.01 Å². The first kappa shape index (κ1) is 15.0. The van der Waals surface area contributed by atoms with Crippen LogP contribution in [0.2, 0.25) is 0 Å². The van der Waals surface area contributed by atoms with Crippen molar-refractivity contribution < 1.29 is 4.79 Å². The molecule has 0 N–H and O–H groups in total. The summed E-state index contributed by atoms with van der Waals surface area (Å²) < 4.78 is 0. The number of carbonyl (C=O) groups is 1. The summed E-state index contributed by atoms with van der Waals surface area (Å²) in [6, 6.07) is 0.401. The van der Waals surface area contributed by atoms with E-state index in [4.69, 9.17) is 0 Å². The van der Waals surface area contributed by atoms with Gasteiger partial charge in [-0.2, -0.15) is 0 Å². The van der Waals surface area contributed by atoms with Crippen molar-refractivity contribution in [3.8, 4) is 0 Å². The zero-order valence-corrected chi connectivity index (χ0v) is 14.6. The zero-order valence-electron chi connectivity index (χ0n) is 13.8. The second-order valence-electron chi connectivity index (χ2n) is 8.38. The van der Waals surface area contributed by atoms with Crippen LogP contribution in [-0.4, -0.2) is 28.4 Å². The van der Waals surface area contributed by atoms with Crippen LogP contribution < -0.4 is 0 Å². The number of fused-ring (bicyclic) bond motifs is 2. The lowest BCUT2D eigenvalue weighted by Crippen LogP contribution is -2.37. The molecule has 1 aliphatic heterocycles. The third-order valence-corrected chi connectivity index (χ3v) is 5.82. The Balaban J connectivity index is 1.82. The molecule has 1 saturated carbocycles. The van der Waals surface area contributed by atoms with E-state index in [0.717, 1.165) is 25.1 Å². The summed E-state index contributed by atoms with van der Waals surface area (Å²) in [5.74, 6) is 0.537. The Kier molecular flexibility index (Phi) is 3.43. The minimum Gasteiger partial charge on any atom is -0.333 e. The van der Waals surface area contributed by atoms with Gasteiger partial charge in [-0.15, -0.1) is 11.3 Å². The molecule has 2 atom stereocenters. The number of nitrogens with zero attached hydrogens (tertiary/aromatic N) is 2. The molecule has 0 spiro atoms. The molecule has 2 fully saturated rings. The molecule has 1 aromatic heterocycles. The molecule has 2 bridgehead atoms. The fourth-order valence-electron chi connectivity index (χ4n) is 4.47. The van der Waals surface area contributed by atoms with Crippen LogP contribution in [0, 0.1) is 10.8 Å². The first-order valence-electron chi connectivity index (χ1n) is 7.96. The largest absolute Gasteiger partial charge is 0.333 e. The first-order valence-corrected chi connectivity index (χ1v) is 8.84. The van der Waals surface area contributed by atoms with E-state index >= 15 is 0 Å². The molecule has 0 unspecified atom stereocenters. The van der Waals surface area contributed by atoms with Crippen LogP contribution in [0.15, 0.2) is 5.38 Å². The lowest BCUT2D eigenvalue weighted by molar-refractivity contribution is 0.0707. The lowest BCUT2D eigenvalue weighted by Gasteiger charge is -2.39. The third-order valence-electron chi connectivity index (χ3n) is 4.97. The average molecular weight is 306 g/mol. The van der Waals surface area contributed by atoms with Gasteiger partial charge in [0.1, 0.15) is 0 Å². The maximum Gasteiger partial charge on any atom is 0.283 e. The van der Waals surface area contributed by atoms with Crippen molar-refractivity contribution >= 4 is 17.2 Å². The molecular weight excluding hydrogens is 280 g/mol. The van der Waals surface area contributed by atoms with E-state index in [0.29, 0.717) is 27.8 Å². The van der Waals surface area contributed by atoms with Crippen LogP contribution in [0.4, 0.5) is 0 Å². The van der Waals surface area contributed by atoms with Crippen LogP contribution in [0.1, 0.15) is 75.3 Å². The average Bonchev–Trinajstić information content (AvgIpc) is 2.90. The predicted octanol–water partition coefficient (Wildman–Crippen LogP) is 4.31. The van der Waals surface area contributed by atoms with Crippen molar-refractivity contribution in [3.63, 3.8) is 0 Å². The second-order valence-corrected chi connectivity index (χ2v) is 9.24. The van der Waals surface area contributed by atoms with Crippen LogP contribution in [-0.2, 0) is 0 Å². The summed E-state index contributed by atoms with van der Waals surface area (Å²) in [5.41, 5.74) is 1.68. The van der Waals surface area contributed by atoms with Gasteiger partial charge in [-0.05, 0) is 36.0 Å². The molecule has 0 radical (unpaired) electrons. The molecule has 0 aromatic carbocycles. The van der Waals surface area contributed by atoms with Gasteiger partial charge < -0.3 is 4.90 Å². The number of likely N-dealkylation sites (tertiary alicyclic amines) is 1. The Hall–Kier alpha value is -0.900. The molecule has 2 aliphatic rings. The molecule has 1 aromatic rings. The number of aromatic nitrogens is 1. The highest BCUT2D eigenvalue weighted by Gasteiger charge is 2.51. The van der Waals surface area contributed by atoms with Gasteiger partial charge in [-0.25, -0.2) is 4.98 Å². The van der Waals surface area contributed by atoms with Crippen LogP contribution in [0.25, 0.3) is 0 Å². The summed E-state index contributed by atoms with van der Waals surface area (Å²) in [5, 5.41) is 2.71. The minimum absolute atomic E-state index is 0.151. The number of rotatable bonds is 2. The number of carbonyl (C=O) groups excluding carboxylic acids is 1. The van der Waals surface area contributed by atoms with E-state index in [9.17, 15) is 4.79 Å². The number of hydrogen-bond acceptors (Lipinski definition) is 3. The van der Waals surface area contributed by atoms with Gasteiger partial charge in [-0.1, -0.05) is 34.6 Å². The summed E-state index contributed by atoms with van der Waals surface area (Å²) in [7, 11) is 0. The summed E-state index contributed by atoms with van der Waals surface area (Å²) in [6.07, 6.45) is 3.50. The monoisotopic (exact) mass is 306 g/mol. The van der Waals surface area contributed by atoms with Gasteiger partial charge in [0.2, 0.25) is 0 Å². The van der Waals surface area contributed by atoms with Crippen molar-refractivity contribution in [2.24, 2.45) is 10.8 Å². The molecule has 21 heavy (non-hydrogen) atoms. The standard InChI is InChI=1S/C17H26N2OS/c1-11(2)13-8-21-14(18-13)15(20)19-10-17(5)7-12(19)6-16(3,4)9-17/h8,11-12H,6-7,9-10H2,1-5H3/t12-,17-/m1/s1. The second kappa shape index (κ2) is 4.80. The van der Waals surface area contributed by atoms with Crippen LogP contribution in [0.5, 0.6) is 0 Å².